The molecule has 0 radical (unpaired) electrons. The summed E-state index contributed by atoms with van der Waals surface area (Å²) in [7, 11) is 0. The largest absolute Gasteiger partial charge is 0.477 e. The average Bonchev–Trinajstić information content (AvgIpc) is 1.83. The number of nitrogens with one attached hydrogen (secondary N) is 1. The molecule has 0 aromatic heterocycles. The molecule has 0 unspecified atom stereocenters. The van der Waals surface area contributed by atoms with E-state index in [9.17, 15) is 4.79 Å². The summed E-state index contributed by atoms with van der Waals surface area (Å²) in [6.45, 7) is 6.17. The number of quaternary nitrogens is 1. The van der Waals surface area contributed by atoms with Crippen LogP contribution in [0, 0.1) is 0 Å². The third-order valence-corrected chi connectivity index (χ3v) is 1.13. The highest BCUT2D eigenvalue weighted by atomic mass is 16.4. The van der Waals surface area contributed by atoms with Crippen molar-refractivity contribution in [3.8, 4) is 0 Å². The van der Waals surface area contributed by atoms with Gasteiger partial charge in [-0.3, -0.25) is 0 Å². The van der Waals surface area contributed by atoms with E-state index in [2.05, 4.69) is 11.1 Å². The van der Waals surface area contributed by atoms with Crippen LogP contribution in [0.5, 0.6) is 0 Å². The monoisotopic (exact) mass is 173 g/mol. The minimum atomic E-state index is -0.937. The maximum absolute atomic E-state index is 10.6. The molecule has 0 bridgehead atoms. The Morgan fingerprint density at radius 1 is 1.67 bits per heavy atom. The molecule has 0 atom stereocenters. The Morgan fingerprint density at radius 3 is 2.42 bits per heavy atom. The highest BCUT2D eigenvalue weighted by Gasteiger charge is 2.15. The molecule has 0 aromatic rings. The number of hydrogen-bond acceptors (Lipinski definition) is 2. The molecule has 5 N–H and O–H groups in total. The Bertz CT molecular complexity index is 192. The molecule has 70 valence electrons. The second-order valence-corrected chi connectivity index (χ2v) is 3.38. The Hall–Kier alpha value is -1.03. The number of carboxylic acid groups (broad SMARTS) is 1. The normalized spacial score (nSPS) is 12.8. The second kappa shape index (κ2) is 4.11. The first-order chi connectivity index (χ1) is 5.37. The Labute approximate surface area is 72.4 Å². The van der Waals surface area contributed by atoms with E-state index in [-0.39, 0.29) is 11.2 Å². The maximum Gasteiger partial charge on any atom is 0.351 e. The van der Waals surface area contributed by atoms with Crippen molar-refractivity contribution < 1.29 is 15.6 Å². The van der Waals surface area contributed by atoms with Gasteiger partial charge in [-0.15, -0.1) is 0 Å². The van der Waals surface area contributed by atoms with Crippen LogP contribution in [-0.2, 0) is 4.79 Å². The second-order valence-electron chi connectivity index (χ2n) is 3.38. The van der Waals surface area contributed by atoms with Crippen LogP contribution in [0.2, 0.25) is 0 Å². The standard InChI is InChI=1S/C8H16N2O2/c1-4-10-6(7(11)12)5-8(2,3)9/h5,10H,4,9H2,1-3H3,(H,11,12)/p+1. The van der Waals surface area contributed by atoms with Crippen molar-refractivity contribution in [3.05, 3.63) is 11.8 Å². The topological polar surface area (TPSA) is 77.0 Å². The number of likely N-dealkylation sites (N-methyl/N-ethyl adjacent to an activating group) is 1. The van der Waals surface area contributed by atoms with E-state index in [1.807, 2.05) is 20.8 Å². The lowest BCUT2D eigenvalue weighted by molar-refractivity contribution is -0.446. The van der Waals surface area contributed by atoms with Gasteiger partial charge >= 0.3 is 5.97 Å². The van der Waals surface area contributed by atoms with Crippen LogP contribution >= 0.6 is 0 Å². The first-order valence-electron chi connectivity index (χ1n) is 3.92. The predicted molar refractivity (Wildman–Crippen MR) is 46.4 cm³/mol. The van der Waals surface area contributed by atoms with Crippen LogP contribution in [0.1, 0.15) is 20.8 Å². The highest BCUT2D eigenvalue weighted by molar-refractivity contribution is 5.86. The smallest absolute Gasteiger partial charge is 0.351 e. The number of carboxylic acids is 1. The summed E-state index contributed by atoms with van der Waals surface area (Å²) in [5.74, 6) is -0.937. The predicted octanol–water partition coefficient (Wildman–Crippen LogP) is -0.415. The fourth-order valence-electron chi connectivity index (χ4n) is 0.770. The molecule has 0 heterocycles. The molecular formula is C8H17N2O2+. The van der Waals surface area contributed by atoms with Gasteiger partial charge in [-0.05, 0) is 20.8 Å². The molecule has 0 saturated heterocycles. The quantitative estimate of drug-likeness (QED) is 0.505. The van der Waals surface area contributed by atoms with Crippen molar-refractivity contribution in [2.24, 2.45) is 0 Å². The zero-order chi connectivity index (χ0) is 9.78. The van der Waals surface area contributed by atoms with E-state index in [4.69, 9.17) is 5.11 Å². The van der Waals surface area contributed by atoms with Crippen LogP contribution in [0.3, 0.4) is 0 Å². The summed E-state index contributed by atoms with van der Waals surface area (Å²) in [6, 6.07) is 0. The lowest BCUT2D eigenvalue weighted by Gasteiger charge is -2.11. The van der Waals surface area contributed by atoms with Crippen molar-refractivity contribution in [3.63, 3.8) is 0 Å². The van der Waals surface area contributed by atoms with Crippen LogP contribution in [0.4, 0.5) is 0 Å². The van der Waals surface area contributed by atoms with Crippen molar-refractivity contribution in [1.82, 2.24) is 5.32 Å². The molecule has 0 aliphatic rings. The fraction of sp³-hybridized carbons (Fsp3) is 0.625. The molecule has 0 saturated carbocycles. The van der Waals surface area contributed by atoms with Crippen LogP contribution < -0.4 is 11.1 Å². The van der Waals surface area contributed by atoms with E-state index in [1.54, 1.807) is 6.08 Å². The van der Waals surface area contributed by atoms with Crippen LogP contribution in [0.15, 0.2) is 11.8 Å². The SMILES string of the molecule is CCNC(=CC(C)(C)[NH3+])C(=O)O. The lowest BCUT2D eigenvalue weighted by Crippen LogP contribution is -2.68. The Kier molecular flexibility index (Phi) is 3.76. The van der Waals surface area contributed by atoms with Crippen molar-refractivity contribution in [2.75, 3.05) is 6.54 Å². The van der Waals surface area contributed by atoms with E-state index < -0.39 is 5.97 Å². The number of carbonyl (C=O) groups is 1. The summed E-state index contributed by atoms with van der Waals surface area (Å²) >= 11 is 0. The van der Waals surface area contributed by atoms with Gasteiger partial charge in [0, 0.05) is 12.6 Å². The minimum absolute atomic E-state index is 0.220. The summed E-state index contributed by atoms with van der Waals surface area (Å²) in [5.41, 5.74) is 3.66. The maximum atomic E-state index is 10.6. The number of aliphatic carboxylic acids is 1. The van der Waals surface area contributed by atoms with E-state index in [0.717, 1.165) is 0 Å². The molecule has 4 heteroatoms. The highest BCUT2D eigenvalue weighted by Crippen LogP contribution is 2.00. The molecule has 0 aromatic carbocycles. The van der Waals surface area contributed by atoms with Gasteiger partial charge in [0.15, 0.2) is 0 Å². The molecule has 12 heavy (non-hydrogen) atoms. The number of rotatable bonds is 4. The zero-order valence-electron chi connectivity index (χ0n) is 7.85. The fourth-order valence-corrected chi connectivity index (χ4v) is 0.770. The van der Waals surface area contributed by atoms with Gasteiger partial charge in [0.05, 0.1) is 0 Å². The molecule has 0 aliphatic heterocycles. The first kappa shape index (κ1) is 11.0. The molecule has 0 amide bonds. The van der Waals surface area contributed by atoms with Gasteiger partial charge in [0.25, 0.3) is 0 Å². The summed E-state index contributed by atoms with van der Waals surface area (Å²) in [4.78, 5) is 10.6. The average molecular weight is 173 g/mol. The van der Waals surface area contributed by atoms with Crippen molar-refractivity contribution in [2.45, 2.75) is 26.3 Å². The Morgan fingerprint density at radius 2 is 2.17 bits per heavy atom. The molecule has 0 fully saturated rings. The lowest BCUT2D eigenvalue weighted by atomic mass is 10.1. The summed E-state index contributed by atoms with van der Waals surface area (Å²) in [5, 5.41) is 11.5. The summed E-state index contributed by atoms with van der Waals surface area (Å²) in [6.07, 6.45) is 1.61. The molecular weight excluding hydrogens is 156 g/mol. The van der Waals surface area contributed by atoms with Gasteiger partial charge < -0.3 is 16.2 Å². The van der Waals surface area contributed by atoms with E-state index >= 15 is 0 Å². The molecule has 0 rings (SSSR count). The van der Waals surface area contributed by atoms with Crippen LogP contribution in [0.25, 0.3) is 0 Å². The third kappa shape index (κ3) is 4.73. The van der Waals surface area contributed by atoms with E-state index in [0.29, 0.717) is 6.54 Å². The van der Waals surface area contributed by atoms with Gasteiger partial charge in [-0.2, -0.15) is 0 Å². The van der Waals surface area contributed by atoms with Crippen LogP contribution in [-0.4, -0.2) is 23.2 Å². The summed E-state index contributed by atoms with van der Waals surface area (Å²) < 4.78 is 0. The van der Waals surface area contributed by atoms with Gasteiger partial charge in [0.2, 0.25) is 0 Å². The third-order valence-electron chi connectivity index (χ3n) is 1.13. The molecule has 0 aliphatic carbocycles. The van der Waals surface area contributed by atoms with E-state index in [1.165, 1.54) is 0 Å². The van der Waals surface area contributed by atoms with Crippen molar-refractivity contribution >= 4 is 5.97 Å². The van der Waals surface area contributed by atoms with Gasteiger partial charge in [0.1, 0.15) is 11.2 Å². The molecule has 4 nitrogen and oxygen atoms in total. The number of hydrogen-bond donors (Lipinski definition) is 3. The van der Waals surface area contributed by atoms with Gasteiger partial charge in [-0.25, -0.2) is 4.79 Å². The molecule has 0 spiro atoms. The zero-order valence-corrected chi connectivity index (χ0v) is 7.85. The van der Waals surface area contributed by atoms with Gasteiger partial charge in [-0.1, -0.05) is 0 Å². The first-order valence-corrected chi connectivity index (χ1v) is 3.92. The van der Waals surface area contributed by atoms with Crippen molar-refractivity contribution in [1.29, 1.82) is 0 Å². The Balaban J connectivity index is 4.50. The minimum Gasteiger partial charge on any atom is -0.477 e.